The second-order valence-corrected chi connectivity index (χ2v) is 9.79. The molecule has 33 heavy (non-hydrogen) atoms. The molecule has 7 nitrogen and oxygen atoms in total. The SMILES string of the molecule is CCOC(=O)c1c(NC(=O)c2sc3ncn(Cc4ccccc4)c(=O)c3c2C)sc(C)c1C. The van der Waals surface area contributed by atoms with Gasteiger partial charge in [0.05, 0.1) is 35.3 Å². The maximum absolute atomic E-state index is 13.2. The molecule has 0 saturated heterocycles. The first-order valence-electron chi connectivity index (χ1n) is 10.4. The van der Waals surface area contributed by atoms with E-state index in [0.29, 0.717) is 37.8 Å². The van der Waals surface area contributed by atoms with E-state index < -0.39 is 5.97 Å². The Bertz CT molecular complexity index is 1420. The van der Waals surface area contributed by atoms with Crippen molar-refractivity contribution in [3.63, 3.8) is 0 Å². The van der Waals surface area contributed by atoms with Crippen LogP contribution in [0.1, 0.15) is 48.5 Å². The van der Waals surface area contributed by atoms with Crippen molar-refractivity contribution in [1.82, 2.24) is 9.55 Å². The summed E-state index contributed by atoms with van der Waals surface area (Å²) in [5.74, 6) is -0.843. The fourth-order valence-corrected chi connectivity index (χ4v) is 5.67. The predicted molar refractivity (Wildman–Crippen MR) is 132 cm³/mol. The number of carbonyl (C=O) groups is 2. The van der Waals surface area contributed by atoms with Crippen LogP contribution in [0.3, 0.4) is 0 Å². The first-order chi connectivity index (χ1) is 15.8. The van der Waals surface area contributed by atoms with Gasteiger partial charge in [-0.2, -0.15) is 0 Å². The highest BCUT2D eigenvalue weighted by Gasteiger charge is 2.25. The van der Waals surface area contributed by atoms with Gasteiger partial charge < -0.3 is 10.1 Å². The molecule has 9 heteroatoms. The molecule has 0 aliphatic heterocycles. The summed E-state index contributed by atoms with van der Waals surface area (Å²) in [6.45, 7) is 7.86. The number of hydrogen-bond acceptors (Lipinski definition) is 7. The highest BCUT2D eigenvalue weighted by atomic mass is 32.1. The van der Waals surface area contributed by atoms with Crippen LogP contribution >= 0.6 is 22.7 Å². The Kier molecular flexibility index (Phi) is 6.44. The number of aromatic nitrogens is 2. The lowest BCUT2D eigenvalue weighted by Gasteiger charge is -2.07. The molecular formula is C24H23N3O4S2. The lowest BCUT2D eigenvalue weighted by molar-refractivity contribution is 0.0527. The third kappa shape index (κ3) is 4.34. The van der Waals surface area contributed by atoms with Gasteiger partial charge in [-0.1, -0.05) is 30.3 Å². The Hall–Kier alpha value is -3.30. The van der Waals surface area contributed by atoms with Crippen LogP contribution in [-0.2, 0) is 11.3 Å². The third-order valence-electron chi connectivity index (χ3n) is 5.41. The summed E-state index contributed by atoms with van der Waals surface area (Å²) in [5, 5.41) is 3.74. The van der Waals surface area contributed by atoms with E-state index in [-0.39, 0.29) is 18.1 Å². The molecule has 3 heterocycles. The van der Waals surface area contributed by atoms with E-state index >= 15 is 0 Å². The molecule has 0 bridgehead atoms. The van der Waals surface area contributed by atoms with Gasteiger partial charge >= 0.3 is 5.97 Å². The number of nitrogens with one attached hydrogen (secondary N) is 1. The minimum atomic E-state index is -0.465. The van der Waals surface area contributed by atoms with Crippen molar-refractivity contribution < 1.29 is 14.3 Å². The van der Waals surface area contributed by atoms with Gasteiger partial charge in [-0.3, -0.25) is 14.2 Å². The van der Waals surface area contributed by atoms with Crippen LogP contribution < -0.4 is 10.9 Å². The van der Waals surface area contributed by atoms with Crippen molar-refractivity contribution in [2.24, 2.45) is 0 Å². The van der Waals surface area contributed by atoms with Gasteiger partial charge in [0.2, 0.25) is 0 Å². The number of ether oxygens (including phenoxy) is 1. The van der Waals surface area contributed by atoms with Crippen LogP contribution in [-0.4, -0.2) is 28.0 Å². The van der Waals surface area contributed by atoms with Gasteiger partial charge in [0, 0.05) is 4.88 Å². The zero-order valence-corrected chi connectivity index (χ0v) is 20.4. The number of benzene rings is 1. The first kappa shape index (κ1) is 22.9. The summed E-state index contributed by atoms with van der Waals surface area (Å²) in [6.07, 6.45) is 1.51. The summed E-state index contributed by atoms with van der Waals surface area (Å²) in [6, 6.07) is 9.65. The molecule has 0 atom stereocenters. The summed E-state index contributed by atoms with van der Waals surface area (Å²) in [7, 11) is 0. The number of esters is 1. The molecule has 0 aliphatic carbocycles. The molecule has 0 unspecified atom stereocenters. The van der Waals surface area contributed by atoms with Crippen LogP contribution in [0.15, 0.2) is 41.5 Å². The van der Waals surface area contributed by atoms with Crippen molar-refractivity contribution >= 4 is 49.8 Å². The standard InChI is InChI=1S/C24H23N3O4S2/c1-5-31-24(30)18-13(2)15(4)32-22(18)26-20(28)19-14(3)17-21(33-19)25-12-27(23(17)29)11-16-9-7-6-8-10-16/h6-10,12H,5,11H2,1-4H3,(H,26,28). The highest BCUT2D eigenvalue weighted by Crippen LogP contribution is 2.35. The number of rotatable bonds is 6. The Morgan fingerprint density at radius 2 is 1.82 bits per heavy atom. The highest BCUT2D eigenvalue weighted by molar-refractivity contribution is 7.21. The average molecular weight is 482 g/mol. The van der Waals surface area contributed by atoms with E-state index in [4.69, 9.17) is 4.74 Å². The summed E-state index contributed by atoms with van der Waals surface area (Å²) in [4.78, 5) is 45.0. The number of aryl methyl sites for hydroxylation is 2. The summed E-state index contributed by atoms with van der Waals surface area (Å²) >= 11 is 2.50. The van der Waals surface area contributed by atoms with E-state index in [9.17, 15) is 14.4 Å². The maximum Gasteiger partial charge on any atom is 0.341 e. The number of fused-ring (bicyclic) bond motifs is 1. The Balaban J connectivity index is 1.68. The largest absolute Gasteiger partial charge is 0.462 e. The molecule has 0 spiro atoms. The fraction of sp³-hybridized carbons (Fsp3) is 0.250. The van der Waals surface area contributed by atoms with Gasteiger partial charge in [-0.15, -0.1) is 22.7 Å². The smallest absolute Gasteiger partial charge is 0.341 e. The minimum absolute atomic E-state index is 0.188. The van der Waals surface area contributed by atoms with Gasteiger partial charge in [0.15, 0.2) is 0 Å². The van der Waals surface area contributed by atoms with E-state index in [0.717, 1.165) is 16.0 Å². The molecule has 4 rings (SSSR count). The number of amides is 1. The normalized spacial score (nSPS) is 11.0. The molecule has 0 radical (unpaired) electrons. The van der Waals surface area contributed by atoms with Crippen LogP contribution in [0.2, 0.25) is 0 Å². The van der Waals surface area contributed by atoms with Crippen molar-refractivity contribution in [2.75, 3.05) is 11.9 Å². The number of nitrogens with zero attached hydrogens (tertiary/aromatic N) is 2. The molecule has 170 valence electrons. The zero-order valence-electron chi connectivity index (χ0n) is 18.7. The molecule has 1 amide bonds. The lowest BCUT2D eigenvalue weighted by Crippen LogP contribution is -2.21. The van der Waals surface area contributed by atoms with E-state index in [1.807, 2.05) is 44.2 Å². The fourth-order valence-electron chi connectivity index (χ4n) is 3.59. The van der Waals surface area contributed by atoms with Crippen LogP contribution in [0.4, 0.5) is 5.00 Å². The predicted octanol–water partition coefficient (Wildman–Crippen LogP) is 4.92. The van der Waals surface area contributed by atoms with Crippen molar-refractivity contribution in [3.05, 3.63) is 79.0 Å². The van der Waals surface area contributed by atoms with E-state index in [1.165, 1.54) is 29.0 Å². The quantitative estimate of drug-likeness (QED) is 0.395. The van der Waals surface area contributed by atoms with Crippen LogP contribution in [0, 0.1) is 20.8 Å². The van der Waals surface area contributed by atoms with Crippen LogP contribution in [0.5, 0.6) is 0 Å². The second-order valence-electron chi connectivity index (χ2n) is 7.56. The van der Waals surface area contributed by atoms with E-state index in [1.54, 1.807) is 18.4 Å². The maximum atomic E-state index is 13.2. The van der Waals surface area contributed by atoms with Gasteiger partial charge in [0.25, 0.3) is 11.5 Å². The summed E-state index contributed by atoms with van der Waals surface area (Å²) < 4.78 is 6.71. The van der Waals surface area contributed by atoms with Gasteiger partial charge in [-0.25, -0.2) is 9.78 Å². The molecule has 0 aliphatic rings. The molecule has 3 aromatic heterocycles. The second kappa shape index (κ2) is 9.29. The molecule has 1 N–H and O–H groups in total. The molecule has 4 aromatic rings. The van der Waals surface area contributed by atoms with Crippen LogP contribution in [0.25, 0.3) is 10.2 Å². The van der Waals surface area contributed by atoms with E-state index in [2.05, 4.69) is 10.3 Å². The number of anilines is 1. The van der Waals surface area contributed by atoms with Crippen molar-refractivity contribution in [3.8, 4) is 0 Å². The van der Waals surface area contributed by atoms with Crippen molar-refractivity contribution in [2.45, 2.75) is 34.2 Å². The molecule has 0 fully saturated rings. The van der Waals surface area contributed by atoms with Crippen molar-refractivity contribution in [1.29, 1.82) is 0 Å². The topological polar surface area (TPSA) is 90.3 Å². The molecular weight excluding hydrogens is 458 g/mol. The number of carbonyl (C=O) groups excluding carboxylic acids is 2. The van der Waals surface area contributed by atoms with Gasteiger partial charge in [0.1, 0.15) is 9.83 Å². The zero-order chi connectivity index (χ0) is 23.7. The first-order valence-corrected chi connectivity index (χ1v) is 12.1. The number of thiophene rings is 2. The minimum Gasteiger partial charge on any atom is -0.462 e. The molecule has 0 saturated carbocycles. The lowest BCUT2D eigenvalue weighted by atomic mass is 10.1. The Labute approximate surface area is 198 Å². The monoisotopic (exact) mass is 481 g/mol. The average Bonchev–Trinajstić information content (AvgIpc) is 3.27. The Morgan fingerprint density at radius 3 is 2.52 bits per heavy atom. The summed E-state index contributed by atoms with van der Waals surface area (Å²) in [5.41, 5.74) is 2.53. The third-order valence-corrected chi connectivity index (χ3v) is 7.73. The number of hydrogen-bond donors (Lipinski definition) is 1. The molecule has 1 aromatic carbocycles. The van der Waals surface area contributed by atoms with Gasteiger partial charge in [-0.05, 0) is 44.4 Å². The Morgan fingerprint density at radius 1 is 1.09 bits per heavy atom.